The molecule has 150 valence electrons. The summed E-state index contributed by atoms with van der Waals surface area (Å²) in [6.07, 6.45) is 5.58. The molecule has 0 atom stereocenters. The molecule has 0 aromatic heterocycles. The minimum Gasteiger partial charge on any atom is -0.357 e. The van der Waals surface area contributed by atoms with Gasteiger partial charge in [-0.2, -0.15) is 0 Å². The van der Waals surface area contributed by atoms with Crippen molar-refractivity contribution in [3.63, 3.8) is 0 Å². The highest BCUT2D eigenvalue weighted by Crippen LogP contribution is 2.23. The van der Waals surface area contributed by atoms with Crippen LogP contribution in [0.25, 0.3) is 0 Å². The largest absolute Gasteiger partial charge is 0.357 e. The predicted octanol–water partition coefficient (Wildman–Crippen LogP) is 1.45. The average Bonchev–Trinajstić information content (AvgIpc) is 2.65. The molecule has 1 fully saturated rings. The topological polar surface area (TPSA) is 77.0 Å². The van der Waals surface area contributed by atoms with Gasteiger partial charge in [0.2, 0.25) is 11.8 Å². The van der Waals surface area contributed by atoms with Crippen LogP contribution in [0.1, 0.15) is 52.9 Å². The summed E-state index contributed by atoms with van der Waals surface area (Å²) < 4.78 is 0. The molecule has 0 saturated heterocycles. The third-order valence-corrected chi connectivity index (χ3v) is 4.83. The van der Waals surface area contributed by atoms with Crippen LogP contribution < -0.4 is 10.6 Å². The number of carbonyl (C=O) groups is 2. The zero-order valence-electron chi connectivity index (χ0n) is 17.0. The van der Waals surface area contributed by atoms with Gasteiger partial charge in [0.05, 0.1) is 13.1 Å². The van der Waals surface area contributed by atoms with E-state index in [2.05, 4.69) is 15.6 Å². The van der Waals surface area contributed by atoms with E-state index in [1.165, 1.54) is 6.42 Å². The second-order valence-corrected chi connectivity index (χ2v) is 6.78. The fourth-order valence-electron chi connectivity index (χ4n) is 3.27. The Morgan fingerprint density at radius 3 is 2.27 bits per heavy atom. The first-order chi connectivity index (χ1) is 12.5. The quantitative estimate of drug-likeness (QED) is 0.367. The summed E-state index contributed by atoms with van der Waals surface area (Å²) in [6.45, 7) is 9.45. The van der Waals surface area contributed by atoms with Crippen LogP contribution in [0.5, 0.6) is 0 Å². The molecule has 0 radical (unpaired) electrons. The van der Waals surface area contributed by atoms with E-state index in [-0.39, 0.29) is 17.7 Å². The van der Waals surface area contributed by atoms with Crippen molar-refractivity contribution in [2.24, 2.45) is 10.9 Å². The number of likely N-dealkylation sites (N-methyl/N-ethyl adjacent to an activating group) is 2. The number of aliphatic imine (C=N–C) groups is 1. The van der Waals surface area contributed by atoms with Gasteiger partial charge in [-0.15, -0.1) is 0 Å². The normalized spacial score (nSPS) is 15.5. The number of hydrogen-bond donors (Lipinski definition) is 2. The predicted molar refractivity (Wildman–Crippen MR) is 106 cm³/mol. The van der Waals surface area contributed by atoms with Crippen LogP contribution in [0.3, 0.4) is 0 Å². The highest BCUT2D eigenvalue weighted by atomic mass is 16.2. The van der Waals surface area contributed by atoms with Gasteiger partial charge >= 0.3 is 0 Å². The van der Waals surface area contributed by atoms with Crippen molar-refractivity contribution in [2.75, 3.05) is 46.3 Å². The Morgan fingerprint density at radius 1 is 1.04 bits per heavy atom. The first kappa shape index (κ1) is 22.3. The molecule has 0 aliphatic heterocycles. The van der Waals surface area contributed by atoms with Gasteiger partial charge < -0.3 is 20.4 Å². The summed E-state index contributed by atoms with van der Waals surface area (Å²) in [5, 5.41) is 6.21. The Hall–Kier alpha value is -1.79. The van der Waals surface area contributed by atoms with E-state index in [0.717, 1.165) is 32.2 Å². The molecule has 0 aromatic rings. The summed E-state index contributed by atoms with van der Waals surface area (Å²) in [7, 11) is 1.86. The second-order valence-electron chi connectivity index (χ2n) is 6.78. The summed E-state index contributed by atoms with van der Waals surface area (Å²) in [6, 6.07) is 0. The van der Waals surface area contributed by atoms with Gasteiger partial charge in [-0.1, -0.05) is 19.3 Å². The summed E-state index contributed by atoms with van der Waals surface area (Å²) in [5.41, 5.74) is 0. The van der Waals surface area contributed by atoms with Gasteiger partial charge in [0.1, 0.15) is 0 Å². The molecule has 1 aliphatic rings. The molecule has 1 saturated carbocycles. The molecular formula is C19H37N5O2. The molecule has 2 amide bonds. The lowest BCUT2D eigenvalue weighted by molar-refractivity contribution is -0.131. The summed E-state index contributed by atoms with van der Waals surface area (Å²) in [4.78, 5) is 32.6. The molecule has 7 nitrogen and oxygen atoms in total. The number of carbonyl (C=O) groups excluding carboxylic acids is 2. The monoisotopic (exact) mass is 367 g/mol. The van der Waals surface area contributed by atoms with Crippen LogP contribution in [-0.2, 0) is 9.59 Å². The van der Waals surface area contributed by atoms with Gasteiger partial charge in [-0.3, -0.25) is 14.6 Å². The van der Waals surface area contributed by atoms with Crippen molar-refractivity contribution in [3.8, 4) is 0 Å². The standard InChI is InChI=1S/C19H37N5O2/c1-5-20-19(23(4)15-17(25)24(6-2)7-3)22-14-13-21-18(26)16-11-9-8-10-12-16/h16H,5-15H2,1-4H3,(H,20,22)(H,21,26). The molecule has 0 aromatic carbocycles. The molecule has 0 unspecified atom stereocenters. The maximum atomic E-state index is 12.3. The first-order valence-corrected chi connectivity index (χ1v) is 10.1. The minimum atomic E-state index is 0.0914. The lowest BCUT2D eigenvalue weighted by Crippen LogP contribution is -2.46. The molecule has 0 heterocycles. The van der Waals surface area contributed by atoms with Crippen LogP contribution in [-0.4, -0.2) is 73.9 Å². The lowest BCUT2D eigenvalue weighted by atomic mass is 9.89. The Balaban J connectivity index is 2.46. The smallest absolute Gasteiger partial charge is 0.242 e. The number of nitrogens with zero attached hydrogens (tertiary/aromatic N) is 3. The van der Waals surface area contributed by atoms with E-state index in [1.54, 1.807) is 0 Å². The third kappa shape index (κ3) is 7.62. The Kier molecular flexibility index (Phi) is 10.7. The van der Waals surface area contributed by atoms with E-state index in [9.17, 15) is 9.59 Å². The zero-order chi connectivity index (χ0) is 19.4. The van der Waals surface area contributed by atoms with Crippen LogP contribution in [0.15, 0.2) is 4.99 Å². The van der Waals surface area contributed by atoms with Gasteiger partial charge in [0, 0.05) is 39.1 Å². The van der Waals surface area contributed by atoms with Crippen LogP contribution >= 0.6 is 0 Å². The van der Waals surface area contributed by atoms with Gasteiger partial charge in [0.15, 0.2) is 5.96 Å². The number of amides is 2. The minimum absolute atomic E-state index is 0.0914. The lowest BCUT2D eigenvalue weighted by Gasteiger charge is -2.25. The van der Waals surface area contributed by atoms with Crippen LogP contribution in [0.2, 0.25) is 0 Å². The SMILES string of the molecule is CCNC(=NCCNC(=O)C1CCCCC1)N(C)CC(=O)N(CC)CC. The number of guanidine groups is 1. The Labute approximate surface area is 158 Å². The third-order valence-electron chi connectivity index (χ3n) is 4.83. The maximum Gasteiger partial charge on any atom is 0.242 e. The van der Waals surface area contributed by atoms with Crippen LogP contribution in [0.4, 0.5) is 0 Å². The fraction of sp³-hybridized carbons (Fsp3) is 0.842. The van der Waals surface area contributed by atoms with Gasteiger partial charge in [-0.05, 0) is 33.6 Å². The number of nitrogens with one attached hydrogen (secondary N) is 2. The van der Waals surface area contributed by atoms with Crippen LogP contribution in [0, 0.1) is 5.92 Å². The molecule has 1 aliphatic carbocycles. The maximum absolute atomic E-state index is 12.3. The van der Waals surface area contributed by atoms with Crippen molar-refractivity contribution in [2.45, 2.75) is 52.9 Å². The fourth-order valence-corrected chi connectivity index (χ4v) is 3.27. The van der Waals surface area contributed by atoms with E-state index >= 15 is 0 Å². The molecule has 0 spiro atoms. The molecule has 7 heteroatoms. The van der Waals surface area contributed by atoms with Crippen molar-refractivity contribution in [1.82, 2.24) is 20.4 Å². The van der Waals surface area contributed by atoms with E-state index in [0.29, 0.717) is 38.7 Å². The van der Waals surface area contributed by atoms with E-state index < -0.39 is 0 Å². The summed E-state index contributed by atoms with van der Waals surface area (Å²) in [5.74, 6) is 1.12. The van der Waals surface area contributed by atoms with Gasteiger partial charge in [-0.25, -0.2) is 0 Å². The molecule has 0 bridgehead atoms. The second kappa shape index (κ2) is 12.5. The average molecular weight is 368 g/mol. The number of hydrogen-bond acceptors (Lipinski definition) is 3. The zero-order valence-corrected chi connectivity index (χ0v) is 17.0. The highest BCUT2D eigenvalue weighted by molar-refractivity contribution is 5.86. The molecule has 2 N–H and O–H groups in total. The summed E-state index contributed by atoms with van der Waals surface area (Å²) >= 11 is 0. The van der Waals surface area contributed by atoms with Crippen molar-refractivity contribution >= 4 is 17.8 Å². The molecular weight excluding hydrogens is 330 g/mol. The van der Waals surface area contributed by atoms with E-state index in [4.69, 9.17) is 0 Å². The number of rotatable bonds is 9. The van der Waals surface area contributed by atoms with E-state index in [1.807, 2.05) is 37.6 Å². The van der Waals surface area contributed by atoms with Crippen molar-refractivity contribution in [3.05, 3.63) is 0 Å². The molecule has 1 rings (SSSR count). The Morgan fingerprint density at radius 2 is 1.69 bits per heavy atom. The first-order valence-electron chi connectivity index (χ1n) is 10.1. The van der Waals surface area contributed by atoms with Crippen molar-refractivity contribution in [1.29, 1.82) is 0 Å². The van der Waals surface area contributed by atoms with Gasteiger partial charge in [0.25, 0.3) is 0 Å². The van der Waals surface area contributed by atoms with Crippen molar-refractivity contribution < 1.29 is 9.59 Å². The molecule has 26 heavy (non-hydrogen) atoms. The highest BCUT2D eigenvalue weighted by Gasteiger charge is 2.20. The Bertz CT molecular complexity index is 457.